The van der Waals surface area contributed by atoms with Crippen LogP contribution < -0.4 is 4.72 Å². The zero-order chi connectivity index (χ0) is 15.4. The van der Waals surface area contributed by atoms with Crippen molar-refractivity contribution >= 4 is 31.5 Å². The van der Waals surface area contributed by atoms with Crippen LogP contribution in [0.5, 0.6) is 0 Å². The van der Waals surface area contributed by atoms with Gasteiger partial charge in [0.2, 0.25) is 10.0 Å². The Morgan fingerprint density at radius 2 is 1.85 bits per heavy atom. The fraction of sp³-hybridized carbons (Fsp3) is 0.364. The fourth-order valence-corrected chi connectivity index (χ4v) is 4.00. The molecular formula is C11H15NO6S2. The van der Waals surface area contributed by atoms with Crippen LogP contribution in [0.1, 0.15) is 10.4 Å². The van der Waals surface area contributed by atoms with E-state index in [0.29, 0.717) is 0 Å². The normalized spacial score (nSPS) is 11.9. The Bertz CT molecular complexity index is 693. The molecule has 0 aliphatic rings. The summed E-state index contributed by atoms with van der Waals surface area (Å²) in [5.74, 6) is -1.62. The quantitative estimate of drug-likeness (QED) is 0.753. The maximum atomic E-state index is 11.7. The number of ether oxygens (including phenoxy) is 1. The van der Waals surface area contributed by atoms with Crippen molar-refractivity contribution in [2.24, 2.45) is 0 Å². The summed E-state index contributed by atoms with van der Waals surface area (Å²) in [7, 11) is -5.95. The molecule has 0 heterocycles. The summed E-state index contributed by atoms with van der Waals surface area (Å²) in [6.45, 7) is 0. The lowest BCUT2D eigenvalue weighted by Gasteiger charge is -2.08. The van der Waals surface area contributed by atoms with Crippen molar-refractivity contribution in [2.45, 2.75) is 0 Å². The van der Waals surface area contributed by atoms with Crippen molar-refractivity contribution in [3.8, 4) is 0 Å². The number of benzene rings is 1. The molecule has 7 nitrogen and oxygen atoms in total. The van der Waals surface area contributed by atoms with Crippen LogP contribution in [-0.4, -0.2) is 47.7 Å². The average Bonchev–Trinajstić information content (AvgIpc) is 2.35. The summed E-state index contributed by atoms with van der Waals surface area (Å²) in [4.78, 5) is 11.3. The van der Waals surface area contributed by atoms with Crippen LogP contribution in [0.15, 0.2) is 24.3 Å². The molecule has 0 atom stereocenters. The van der Waals surface area contributed by atoms with Gasteiger partial charge in [-0.2, -0.15) is 0 Å². The molecule has 20 heavy (non-hydrogen) atoms. The summed E-state index contributed by atoms with van der Waals surface area (Å²) in [5.41, 5.74) is 0.359. The van der Waals surface area contributed by atoms with Crippen LogP contribution in [0, 0.1) is 0 Å². The Hall–Kier alpha value is -1.61. The maximum Gasteiger partial charge on any atom is 0.337 e. The molecule has 0 fully saturated rings. The minimum absolute atomic E-state index is 0.168. The highest BCUT2D eigenvalue weighted by molar-refractivity contribution is 7.95. The molecule has 1 rings (SSSR count). The fourth-order valence-electron chi connectivity index (χ4n) is 1.32. The Morgan fingerprint density at radius 1 is 1.20 bits per heavy atom. The van der Waals surface area contributed by atoms with E-state index < -0.39 is 37.3 Å². The number of sulfone groups is 1. The van der Waals surface area contributed by atoms with Crippen molar-refractivity contribution in [3.05, 3.63) is 29.8 Å². The van der Waals surface area contributed by atoms with Gasteiger partial charge < -0.3 is 4.74 Å². The van der Waals surface area contributed by atoms with Gasteiger partial charge in [-0.05, 0) is 18.2 Å². The van der Waals surface area contributed by atoms with Gasteiger partial charge in [-0.1, -0.05) is 6.07 Å². The summed E-state index contributed by atoms with van der Waals surface area (Å²) < 4.78 is 52.1. The van der Waals surface area contributed by atoms with Crippen LogP contribution >= 0.6 is 0 Å². The molecule has 1 aromatic rings. The molecule has 0 saturated carbocycles. The highest BCUT2D eigenvalue weighted by Gasteiger charge is 2.15. The molecule has 112 valence electrons. The molecule has 0 saturated heterocycles. The molecule has 9 heteroatoms. The van der Waals surface area contributed by atoms with E-state index in [-0.39, 0.29) is 11.3 Å². The van der Waals surface area contributed by atoms with E-state index >= 15 is 0 Å². The number of carbonyl (C=O) groups excluding carboxylic acids is 1. The Kier molecular flexibility index (Phi) is 5.12. The third-order valence-electron chi connectivity index (χ3n) is 2.28. The first kappa shape index (κ1) is 16.4. The molecule has 0 aromatic heterocycles. The van der Waals surface area contributed by atoms with Gasteiger partial charge in [0.05, 0.1) is 24.2 Å². The Balaban J connectivity index is 2.85. The highest BCUT2D eigenvalue weighted by atomic mass is 32.2. The van der Waals surface area contributed by atoms with Crippen LogP contribution in [0.3, 0.4) is 0 Å². The molecule has 0 amide bonds. The Labute approximate surface area is 117 Å². The lowest BCUT2D eigenvalue weighted by molar-refractivity contribution is 0.0600. The molecule has 0 radical (unpaired) electrons. The molecule has 0 unspecified atom stereocenters. The van der Waals surface area contributed by atoms with E-state index in [4.69, 9.17) is 0 Å². The van der Waals surface area contributed by atoms with E-state index in [9.17, 15) is 21.6 Å². The predicted octanol–water partition coefficient (Wildman–Crippen LogP) is 0.259. The van der Waals surface area contributed by atoms with Crippen molar-refractivity contribution in [1.29, 1.82) is 0 Å². The monoisotopic (exact) mass is 321 g/mol. The minimum Gasteiger partial charge on any atom is -0.465 e. The Morgan fingerprint density at radius 3 is 2.40 bits per heavy atom. The van der Waals surface area contributed by atoms with Gasteiger partial charge in [0.25, 0.3) is 0 Å². The molecule has 0 aliphatic carbocycles. The van der Waals surface area contributed by atoms with Crippen LogP contribution in [0.25, 0.3) is 0 Å². The minimum atomic E-state index is -3.80. The molecule has 0 bridgehead atoms. The highest BCUT2D eigenvalue weighted by Crippen LogP contribution is 2.13. The lowest BCUT2D eigenvalue weighted by Crippen LogP contribution is -2.22. The first-order valence-electron chi connectivity index (χ1n) is 5.49. The van der Waals surface area contributed by atoms with Gasteiger partial charge in [0.1, 0.15) is 9.84 Å². The molecule has 0 spiro atoms. The first-order chi connectivity index (χ1) is 9.13. The lowest BCUT2D eigenvalue weighted by atomic mass is 10.2. The molecule has 1 aromatic carbocycles. The number of carbonyl (C=O) groups is 1. The second-order valence-electron chi connectivity index (χ2n) is 4.12. The summed E-state index contributed by atoms with van der Waals surface area (Å²) in [6, 6.07) is 5.72. The van der Waals surface area contributed by atoms with E-state index in [2.05, 4.69) is 9.46 Å². The number of rotatable bonds is 6. The molecule has 0 aliphatic heterocycles. The van der Waals surface area contributed by atoms with Crippen LogP contribution in [0.2, 0.25) is 0 Å². The zero-order valence-corrected chi connectivity index (χ0v) is 12.6. The van der Waals surface area contributed by atoms with Gasteiger partial charge in [0, 0.05) is 11.9 Å². The molecular weight excluding hydrogens is 306 g/mol. The summed E-state index contributed by atoms with van der Waals surface area (Å²) in [5, 5.41) is 0. The predicted molar refractivity (Wildman–Crippen MR) is 74.9 cm³/mol. The second kappa shape index (κ2) is 6.23. The standard InChI is InChI=1S/C11H15NO6S2/c1-18-11(13)9-4-3-5-10(8-9)12-20(16,17)7-6-19(2,14)15/h3-5,8,12H,6-7H2,1-2H3. The van der Waals surface area contributed by atoms with Crippen molar-refractivity contribution in [3.63, 3.8) is 0 Å². The van der Waals surface area contributed by atoms with Gasteiger partial charge >= 0.3 is 5.97 Å². The topological polar surface area (TPSA) is 107 Å². The van der Waals surface area contributed by atoms with Gasteiger partial charge in [-0.15, -0.1) is 0 Å². The van der Waals surface area contributed by atoms with Gasteiger partial charge in [0.15, 0.2) is 0 Å². The number of anilines is 1. The first-order valence-corrected chi connectivity index (χ1v) is 9.21. The SMILES string of the molecule is COC(=O)c1cccc(NS(=O)(=O)CCS(C)(=O)=O)c1. The summed E-state index contributed by atoms with van der Waals surface area (Å²) >= 11 is 0. The second-order valence-corrected chi connectivity index (χ2v) is 8.22. The number of methoxy groups -OCH3 is 1. The van der Waals surface area contributed by atoms with Crippen LogP contribution in [0.4, 0.5) is 5.69 Å². The number of sulfonamides is 1. The van der Waals surface area contributed by atoms with Gasteiger partial charge in [-0.25, -0.2) is 21.6 Å². The van der Waals surface area contributed by atoms with Crippen molar-refractivity contribution in [2.75, 3.05) is 29.6 Å². The van der Waals surface area contributed by atoms with Gasteiger partial charge in [-0.3, -0.25) is 4.72 Å². The largest absolute Gasteiger partial charge is 0.465 e. The maximum absolute atomic E-state index is 11.7. The third-order valence-corrected chi connectivity index (χ3v) is 4.77. The smallest absolute Gasteiger partial charge is 0.337 e. The zero-order valence-electron chi connectivity index (χ0n) is 11.0. The summed E-state index contributed by atoms with van der Waals surface area (Å²) in [6.07, 6.45) is 0.959. The van der Waals surface area contributed by atoms with E-state index in [0.717, 1.165) is 6.26 Å². The third kappa shape index (κ3) is 5.57. The van der Waals surface area contributed by atoms with E-state index in [1.165, 1.54) is 31.4 Å². The number of hydrogen-bond donors (Lipinski definition) is 1. The van der Waals surface area contributed by atoms with Crippen molar-refractivity contribution < 1.29 is 26.4 Å². The average molecular weight is 321 g/mol. The number of nitrogens with one attached hydrogen (secondary N) is 1. The van der Waals surface area contributed by atoms with Crippen LogP contribution in [-0.2, 0) is 24.6 Å². The molecule has 1 N–H and O–H groups in total. The van der Waals surface area contributed by atoms with Crippen molar-refractivity contribution in [1.82, 2.24) is 0 Å². The van der Waals surface area contributed by atoms with E-state index in [1.807, 2.05) is 0 Å². The van der Waals surface area contributed by atoms with E-state index in [1.54, 1.807) is 0 Å². The number of hydrogen-bond acceptors (Lipinski definition) is 6. The number of esters is 1.